The average Bonchev–Trinajstić information content (AvgIpc) is 3.12. The predicted molar refractivity (Wildman–Crippen MR) is 121 cm³/mol. The highest BCUT2D eigenvalue weighted by molar-refractivity contribution is 7.80. The molecule has 0 fully saturated rings. The predicted octanol–water partition coefficient (Wildman–Crippen LogP) is 3.31. The van der Waals surface area contributed by atoms with E-state index in [9.17, 15) is 4.79 Å². The molecule has 8 heteroatoms. The Morgan fingerprint density at radius 1 is 1.25 bits per heavy atom. The maximum atomic E-state index is 12.3. The van der Waals surface area contributed by atoms with Crippen molar-refractivity contribution in [1.82, 2.24) is 20.5 Å². The van der Waals surface area contributed by atoms with Gasteiger partial charge in [-0.25, -0.2) is 4.98 Å². The van der Waals surface area contributed by atoms with E-state index in [-0.39, 0.29) is 5.91 Å². The summed E-state index contributed by atoms with van der Waals surface area (Å²) in [4.78, 5) is 20.8. The fourth-order valence-corrected chi connectivity index (χ4v) is 3.80. The van der Waals surface area contributed by atoms with Crippen molar-refractivity contribution in [3.8, 4) is 0 Å². The molecule has 0 atom stereocenters. The molecule has 2 aromatic rings. The number of aromatic nitrogens is 1. The molecule has 0 aliphatic carbocycles. The Bertz CT molecular complexity index is 790. The summed E-state index contributed by atoms with van der Waals surface area (Å²) in [5.41, 5.74) is 2.87. The highest BCUT2D eigenvalue weighted by atomic mass is 32.1. The SMILES string of the molecule is CCc1ccccc1N(C(C)=O)c1nc(CNC(=S)NCCCN(C)C)cs1. The third kappa shape index (κ3) is 6.54. The zero-order valence-electron chi connectivity index (χ0n) is 17.0. The van der Waals surface area contributed by atoms with Crippen molar-refractivity contribution >= 4 is 45.4 Å². The van der Waals surface area contributed by atoms with E-state index in [1.165, 1.54) is 11.3 Å². The van der Waals surface area contributed by atoms with Crippen LogP contribution >= 0.6 is 23.6 Å². The van der Waals surface area contributed by atoms with Crippen LogP contribution in [0.25, 0.3) is 0 Å². The number of rotatable bonds is 9. The van der Waals surface area contributed by atoms with Crippen LogP contribution in [-0.4, -0.2) is 48.1 Å². The molecule has 1 heterocycles. The summed E-state index contributed by atoms with van der Waals surface area (Å²) in [5.74, 6) is -0.0483. The number of carbonyl (C=O) groups excluding carboxylic acids is 1. The van der Waals surface area contributed by atoms with Gasteiger partial charge in [-0.15, -0.1) is 11.3 Å². The highest BCUT2D eigenvalue weighted by Gasteiger charge is 2.20. The van der Waals surface area contributed by atoms with Gasteiger partial charge in [-0.05, 0) is 57.3 Å². The normalized spacial score (nSPS) is 10.8. The first-order valence-corrected chi connectivity index (χ1v) is 10.7. The topological polar surface area (TPSA) is 60.5 Å². The Morgan fingerprint density at radius 3 is 2.68 bits per heavy atom. The molecule has 0 saturated heterocycles. The van der Waals surface area contributed by atoms with Gasteiger partial charge in [0.25, 0.3) is 0 Å². The Morgan fingerprint density at radius 2 is 2.00 bits per heavy atom. The van der Waals surface area contributed by atoms with Gasteiger partial charge in [0.15, 0.2) is 10.2 Å². The molecule has 1 amide bonds. The lowest BCUT2D eigenvalue weighted by atomic mass is 10.1. The molecule has 0 aliphatic heterocycles. The second kappa shape index (κ2) is 11.1. The summed E-state index contributed by atoms with van der Waals surface area (Å²) >= 11 is 6.78. The van der Waals surface area contributed by atoms with E-state index in [0.717, 1.165) is 42.9 Å². The number of para-hydroxylation sites is 1. The van der Waals surface area contributed by atoms with Crippen LogP contribution in [0.4, 0.5) is 10.8 Å². The quantitative estimate of drug-likeness (QED) is 0.480. The van der Waals surface area contributed by atoms with Crippen molar-refractivity contribution < 1.29 is 4.79 Å². The number of carbonyl (C=O) groups is 1. The van der Waals surface area contributed by atoms with Crippen molar-refractivity contribution in [2.75, 3.05) is 32.1 Å². The van der Waals surface area contributed by atoms with E-state index >= 15 is 0 Å². The first kappa shape index (κ1) is 22.3. The van der Waals surface area contributed by atoms with Gasteiger partial charge in [-0.3, -0.25) is 9.69 Å². The van der Waals surface area contributed by atoms with Gasteiger partial charge in [0.05, 0.1) is 17.9 Å². The number of aryl methyl sites for hydroxylation is 1. The molecule has 0 aliphatic rings. The summed E-state index contributed by atoms with van der Waals surface area (Å²) in [6.07, 6.45) is 1.88. The number of thiazole rings is 1. The number of hydrogen-bond donors (Lipinski definition) is 2. The minimum Gasteiger partial charge on any atom is -0.363 e. The number of amides is 1. The molecule has 152 valence electrons. The van der Waals surface area contributed by atoms with E-state index < -0.39 is 0 Å². The van der Waals surface area contributed by atoms with Crippen molar-refractivity contribution in [1.29, 1.82) is 0 Å². The van der Waals surface area contributed by atoms with Gasteiger partial charge >= 0.3 is 0 Å². The van der Waals surface area contributed by atoms with Crippen LogP contribution in [-0.2, 0) is 17.8 Å². The highest BCUT2D eigenvalue weighted by Crippen LogP contribution is 2.31. The van der Waals surface area contributed by atoms with Crippen LogP contribution in [0.1, 0.15) is 31.5 Å². The average molecular weight is 420 g/mol. The summed E-state index contributed by atoms with van der Waals surface area (Å²) < 4.78 is 0. The Hall–Kier alpha value is -2.03. The number of anilines is 2. The third-order valence-electron chi connectivity index (χ3n) is 4.16. The second-order valence-corrected chi connectivity index (χ2v) is 7.97. The minimum absolute atomic E-state index is 0.0483. The molecular weight excluding hydrogens is 390 g/mol. The van der Waals surface area contributed by atoms with Gasteiger partial charge in [0.2, 0.25) is 5.91 Å². The third-order valence-corrected chi connectivity index (χ3v) is 5.32. The summed E-state index contributed by atoms with van der Waals surface area (Å²) in [6.45, 7) is 6.03. The van der Waals surface area contributed by atoms with Crippen LogP contribution < -0.4 is 15.5 Å². The number of nitrogens with zero attached hydrogens (tertiary/aromatic N) is 3. The van der Waals surface area contributed by atoms with Gasteiger partial charge in [-0.1, -0.05) is 25.1 Å². The molecule has 0 radical (unpaired) electrons. The van der Waals surface area contributed by atoms with Gasteiger partial charge in [0.1, 0.15) is 0 Å². The van der Waals surface area contributed by atoms with Crippen molar-refractivity contribution in [3.63, 3.8) is 0 Å². The minimum atomic E-state index is -0.0483. The fraction of sp³-hybridized carbons (Fsp3) is 0.450. The van der Waals surface area contributed by atoms with Crippen molar-refractivity contribution in [2.24, 2.45) is 0 Å². The van der Waals surface area contributed by atoms with E-state index in [1.807, 2.05) is 29.6 Å². The first-order valence-electron chi connectivity index (χ1n) is 9.41. The molecular formula is C20H29N5OS2. The summed E-state index contributed by atoms with van der Waals surface area (Å²) in [5, 5.41) is 9.63. The van der Waals surface area contributed by atoms with E-state index in [0.29, 0.717) is 16.8 Å². The first-order chi connectivity index (χ1) is 13.4. The molecule has 28 heavy (non-hydrogen) atoms. The lowest BCUT2D eigenvalue weighted by Crippen LogP contribution is -2.36. The smallest absolute Gasteiger partial charge is 0.230 e. The summed E-state index contributed by atoms with van der Waals surface area (Å²) in [6, 6.07) is 7.94. The molecule has 0 spiro atoms. The molecule has 1 aromatic heterocycles. The number of thiocarbonyl (C=S) groups is 1. The van der Waals surface area contributed by atoms with Gasteiger partial charge in [-0.2, -0.15) is 0 Å². The monoisotopic (exact) mass is 419 g/mol. The lowest BCUT2D eigenvalue weighted by molar-refractivity contribution is -0.115. The number of hydrogen-bond acceptors (Lipinski definition) is 5. The zero-order chi connectivity index (χ0) is 20.5. The largest absolute Gasteiger partial charge is 0.363 e. The Balaban J connectivity index is 1.98. The fourth-order valence-electron chi connectivity index (χ4n) is 2.75. The second-order valence-electron chi connectivity index (χ2n) is 6.72. The standard InChI is InChI=1S/C20H29N5OS2/c1-5-16-9-6-7-10-18(16)25(15(2)26)20-23-17(14-28-20)13-22-19(27)21-11-8-12-24(3)4/h6-7,9-10,14H,5,8,11-13H2,1-4H3,(H2,21,22,27). The van der Waals surface area contributed by atoms with Crippen LogP contribution in [0.5, 0.6) is 0 Å². The van der Waals surface area contributed by atoms with Crippen LogP contribution in [0.2, 0.25) is 0 Å². The molecule has 0 bridgehead atoms. The van der Waals surface area contributed by atoms with Crippen molar-refractivity contribution in [2.45, 2.75) is 33.2 Å². The number of nitrogens with one attached hydrogen (secondary N) is 2. The summed E-state index contributed by atoms with van der Waals surface area (Å²) in [7, 11) is 4.11. The lowest BCUT2D eigenvalue weighted by Gasteiger charge is -2.21. The molecule has 2 rings (SSSR count). The maximum Gasteiger partial charge on any atom is 0.230 e. The molecule has 0 unspecified atom stereocenters. The zero-order valence-corrected chi connectivity index (χ0v) is 18.6. The van der Waals surface area contributed by atoms with Crippen LogP contribution in [0.15, 0.2) is 29.6 Å². The maximum absolute atomic E-state index is 12.3. The Labute approximate surface area is 177 Å². The van der Waals surface area contributed by atoms with E-state index in [4.69, 9.17) is 12.2 Å². The van der Waals surface area contributed by atoms with Gasteiger partial charge < -0.3 is 15.5 Å². The number of benzene rings is 1. The van der Waals surface area contributed by atoms with Crippen LogP contribution in [0, 0.1) is 0 Å². The Kier molecular flexibility index (Phi) is 8.82. The molecule has 0 saturated carbocycles. The van der Waals surface area contributed by atoms with E-state index in [2.05, 4.69) is 41.5 Å². The molecule has 2 N–H and O–H groups in total. The van der Waals surface area contributed by atoms with E-state index in [1.54, 1.807) is 11.8 Å². The molecule has 6 nitrogen and oxygen atoms in total. The van der Waals surface area contributed by atoms with Crippen molar-refractivity contribution in [3.05, 3.63) is 40.9 Å². The van der Waals surface area contributed by atoms with Gasteiger partial charge in [0, 0.05) is 18.8 Å². The van der Waals surface area contributed by atoms with Crippen LogP contribution in [0.3, 0.4) is 0 Å². The molecule has 1 aromatic carbocycles.